The van der Waals surface area contributed by atoms with Crippen molar-refractivity contribution in [2.75, 3.05) is 0 Å². The molecule has 23 heavy (non-hydrogen) atoms. The first kappa shape index (κ1) is 15.4. The molecule has 0 bridgehead atoms. The quantitative estimate of drug-likeness (QED) is 0.661. The van der Waals surface area contributed by atoms with Crippen molar-refractivity contribution in [2.45, 2.75) is 12.3 Å². The molecule has 8 heteroatoms. The number of hydrogen-bond acceptors (Lipinski definition) is 3. The van der Waals surface area contributed by atoms with E-state index >= 15 is 0 Å². The normalized spacial score (nSPS) is 11.9. The number of rotatable bonds is 5. The average molecular weight is 335 g/mol. The summed E-state index contributed by atoms with van der Waals surface area (Å²) in [6, 6.07) is 10.5. The fourth-order valence-corrected chi connectivity index (χ4v) is 3.35. The highest BCUT2D eigenvalue weighted by Crippen LogP contribution is 2.11. The number of hydrogen-bond donors (Lipinski definition) is 3. The average Bonchev–Trinajstić information content (AvgIpc) is 2.87. The molecule has 0 fully saturated rings. The molecule has 0 unspecified atom stereocenters. The van der Waals surface area contributed by atoms with Crippen molar-refractivity contribution in [2.24, 2.45) is 0 Å². The van der Waals surface area contributed by atoms with Crippen LogP contribution in [0.5, 0.6) is 0 Å². The zero-order valence-electron chi connectivity index (χ0n) is 12.0. The number of fused-ring (bicyclic) bond motifs is 1. The minimum absolute atomic E-state index is 0.104. The van der Waals surface area contributed by atoms with Crippen LogP contribution in [0.2, 0.25) is 0 Å². The van der Waals surface area contributed by atoms with E-state index in [4.69, 9.17) is 0 Å². The lowest BCUT2D eigenvalue weighted by Crippen LogP contribution is -2.24. The highest BCUT2D eigenvalue weighted by atomic mass is 32.2. The molecule has 3 N–H and O–H groups in total. The van der Waals surface area contributed by atoms with E-state index in [-0.39, 0.29) is 18.0 Å². The molecule has 0 aliphatic rings. The van der Waals surface area contributed by atoms with Crippen LogP contribution >= 0.6 is 0 Å². The summed E-state index contributed by atoms with van der Waals surface area (Å²) >= 11 is 0. The van der Waals surface area contributed by atoms with Crippen LogP contribution < -0.4 is 10.4 Å². The first-order valence-corrected chi connectivity index (χ1v) is 8.49. The second-order valence-electron chi connectivity index (χ2n) is 5.17. The van der Waals surface area contributed by atoms with Crippen molar-refractivity contribution in [3.05, 3.63) is 69.9 Å². The van der Waals surface area contributed by atoms with Crippen LogP contribution in [-0.2, 0) is 22.3 Å². The minimum Gasteiger partial charge on any atom is -0.306 e. The molecule has 0 spiro atoms. The molecule has 0 radical (unpaired) electrons. The third kappa shape index (κ3) is 3.85. The number of halogens is 1. The van der Waals surface area contributed by atoms with Crippen molar-refractivity contribution in [1.82, 2.24) is 14.7 Å². The van der Waals surface area contributed by atoms with Gasteiger partial charge in [0.2, 0.25) is 10.0 Å². The molecule has 1 aromatic heterocycles. The standard InChI is InChI=1S/C15H14FN3O3S/c16-12-4-1-10(2-5-12)9-23(21,22)17-8-11-3-6-13-14(7-11)19-15(20)18-13/h1-7,17H,8-9H2,(H2,18,19,20). The Bertz CT molecular complexity index is 991. The van der Waals surface area contributed by atoms with Crippen LogP contribution in [0.4, 0.5) is 4.39 Å². The lowest BCUT2D eigenvalue weighted by molar-refractivity contribution is 0.580. The van der Waals surface area contributed by atoms with Gasteiger partial charge < -0.3 is 9.97 Å². The molecule has 6 nitrogen and oxygen atoms in total. The van der Waals surface area contributed by atoms with Crippen molar-refractivity contribution in [1.29, 1.82) is 0 Å². The van der Waals surface area contributed by atoms with Crippen LogP contribution in [0.1, 0.15) is 11.1 Å². The number of sulfonamides is 1. The lowest BCUT2D eigenvalue weighted by atomic mass is 10.2. The number of nitrogens with one attached hydrogen (secondary N) is 3. The molecular formula is C15H14FN3O3S. The summed E-state index contributed by atoms with van der Waals surface area (Å²) in [7, 11) is -3.55. The highest BCUT2D eigenvalue weighted by Gasteiger charge is 2.11. The Kier molecular flexibility index (Phi) is 4.01. The van der Waals surface area contributed by atoms with Gasteiger partial charge in [0, 0.05) is 6.54 Å². The number of aromatic nitrogens is 2. The van der Waals surface area contributed by atoms with E-state index in [1.54, 1.807) is 18.2 Å². The molecule has 0 aliphatic carbocycles. The summed E-state index contributed by atoms with van der Waals surface area (Å²) in [4.78, 5) is 16.4. The summed E-state index contributed by atoms with van der Waals surface area (Å²) in [5.74, 6) is -0.635. The zero-order chi connectivity index (χ0) is 16.4. The SMILES string of the molecule is O=c1[nH]c2ccc(CNS(=O)(=O)Cc3ccc(F)cc3)cc2[nH]1. The fraction of sp³-hybridized carbons (Fsp3) is 0.133. The van der Waals surface area contributed by atoms with Gasteiger partial charge in [0.15, 0.2) is 0 Å². The Morgan fingerprint density at radius 1 is 0.957 bits per heavy atom. The molecule has 2 aromatic carbocycles. The van der Waals surface area contributed by atoms with Gasteiger partial charge in [-0.05, 0) is 35.4 Å². The van der Waals surface area contributed by atoms with E-state index in [0.29, 0.717) is 16.6 Å². The monoisotopic (exact) mass is 335 g/mol. The Labute approximate surface area is 131 Å². The van der Waals surface area contributed by atoms with Crippen molar-refractivity contribution in [3.63, 3.8) is 0 Å². The Morgan fingerprint density at radius 2 is 1.61 bits per heavy atom. The minimum atomic E-state index is -3.55. The summed E-state index contributed by atoms with van der Waals surface area (Å²) in [6.45, 7) is 0.104. The Balaban J connectivity index is 1.69. The van der Waals surface area contributed by atoms with Gasteiger partial charge in [-0.3, -0.25) is 0 Å². The van der Waals surface area contributed by atoms with E-state index < -0.39 is 15.8 Å². The van der Waals surface area contributed by atoms with Gasteiger partial charge in [0.1, 0.15) is 5.82 Å². The molecular weight excluding hydrogens is 321 g/mol. The maximum Gasteiger partial charge on any atom is 0.323 e. The maximum atomic E-state index is 12.8. The molecule has 120 valence electrons. The molecule has 1 heterocycles. The molecule has 0 amide bonds. The van der Waals surface area contributed by atoms with Gasteiger partial charge in [-0.2, -0.15) is 0 Å². The Morgan fingerprint density at radius 3 is 2.35 bits per heavy atom. The Hall–Kier alpha value is -2.45. The van der Waals surface area contributed by atoms with Crippen LogP contribution in [0, 0.1) is 5.82 Å². The van der Waals surface area contributed by atoms with Crippen LogP contribution in [0.25, 0.3) is 11.0 Å². The lowest BCUT2D eigenvalue weighted by Gasteiger charge is -2.07. The van der Waals surface area contributed by atoms with E-state index in [1.807, 2.05) is 0 Å². The van der Waals surface area contributed by atoms with E-state index in [9.17, 15) is 17.6 Å². The maximum absolute atomic E-state index is 12.8. The second kappa shape index (κ2) is 5.98. The third-order valence-electron chi connectivity index (χ3n) is 3.35. The van der Waals surface area contributed by atoms with Crippen LogP contribution in [0.15, 0.2) is 47.3 Å². The van der Waals surface area contributed by atoms with Gasteiger partial charge in [-0.1, -0.05) is 18.2 Å². The van der Waals surface area contributed by atoms with E-state index in [1.165, 1.54) is 24.3 Å². The number of benzene rings is 2. The van der Waals surface area contributed by atoms with Crippen molar-refractivity contribution < 1.29 is 12.8 Å². The third-order valence-corrected chi connectivity index (χ3v) is 4.64. The number of H-pyrrole nitrogens is 2. The smallest absolute Gasteiger partial charge is 0.306 e. The van der Waals surface area contributed by atoms with Gasteiger partial charge in [-0.25, -0.2) is 22.3 Å². The molecule has 0 saturated carbocycles. The topological polar surface area (TPSA) is 94.8 Å². The molecule has 0 atom stereocenters. The van der Waals surface area contributed by atoms with Gasteiger partial charge in [-0.15, -0.1) is 0 Å². The summed E-state index contributed by atoms with van der Waals surface area (Å²) in [5, 5.41) is 0. The van der Waals surface area contributed by atoms with E-state index in [2.05, 4.69) is 14.7 Å². The van der Waals surface area contributed by atoms with E-state index in [0.717, 1.165) is 5.56 Å². The first-order chi connectivity index (χ1) is 10.9. The van der Waals surface area contributed by atoms with Crippen LogP contribution in [-0.4, -0.2) is 18.4 Å². The van der Waals surface area contributed by atoms with Crippen LogP contribution in [0.3, 0.4) is 0 Å². The van der Waals surface area contributed by atoms with Gasteiger partial charge >= 0.3 is 5.69 Å². The highest BCUT2D eigenvalue weighted by molar-refractivity contribution is 7.88. The predicted molar refractivity (Wildman–Crippen MR) is 84.8 cm³/mol. The van der Waals surface area contributed by atoms with Crippen molar-refractivity contribution >= 4 is 21.1 Å². The summed E-state index contributed by atoms with van der Waals surface area (Å²) in [5.41, 5.74) is 2.19. The van der Waals surface area contributed by atoms with Crippen molar-refractivity contribution in [3.8, 4) is 0 Å². The molecule has 3 aromatic rings. The zero-order valence-corrected chi connectivity index (χ0v) is 12.8. The first-order valence-electron chi connectivity index (χ1n) is 6.84. The molecule has 3 rings (SSSR count). The number of imidazole rings is 1. The second-order valence-corrected chi connectivity index (χ2v) is 6.97. The molecule has 0 aliphatic heterocycles. The largest absolute Gasteiger partial charge is 0.323 e. The molecule has 0 saturated heterocycles. The van der Waals surface area contributed by atoms with Gasteiger partial charge in [0.05, 0.1) is 16.8 Å². The number of aromatic amines is 2. The summed E-state index contributed by atoms with van der Waals surface area (Å²) < 4.78 is 39.4. The van der Waals surface area contributed by atoms with Gasteiger partial charge in [0.25, 0.3) is 0 Å². The predicted octanol–water partition coefficient (Wildman–Crippen LogP) is 1.61. The fourth-order valence-electron chi connectivity index (χ4n) is 2.23. The summed E-state index contributed by atoms with van der Waals surface area (Å²) in [6.07, 6.45) is 0.